The molecular weight excluding hydrogens is 581 g/mol. The molecule has 0 radical (unpaired) electrons. The molecule has 0 saturated heterocycles. The lowest BCUT2D eigenvalue weighted by atomic mass is 10.3. The van der Waals surface area contributed by atoms with Crippen molar-refractivity contribution in [3.05, 3.63) is 182 Å². The maximum absolute atomic E-state index is 11.8. The number of aliphatic hydroxyl groups is 1. The monoisotopic (exact) mass is 620 g/mol. The van der Waals surface area contributed by atoms with E-state index in [-0.39, 0.29) is 0 Å². The Bertz CT molecular complexity index is 1520. The van der Waals surface area contributed by atoms with Crippen molar-refractivity contribution in [2.75, 3.05) is 13.2 Å². The van der Waals surface area contributed by atoms with Gasteiger partial charge in [-0.15, -0.1) is 0 Å². The molecule has 1 N–H and O–H groups in total. The first kappa shape index (κ1) is 30.7. The molecular formula is C41H40O2Si2. The summed E-state index contributed by atoms with van der Waals surface area (Å²) in [6, 6.07) is 66.7. The molecule has 0 fully saturated rings. The molecule has 6 aromatic carbocycles. The second kappa shape index (κ2) is 14.6. The highest BCUT2D eigenvalue weighted by atomic mass is 28.3. The zero-order chi connectivity index (χ0) is 30.8. The van der Waals surface area contributed by atoms with Gasteiger partial charge in [0.05, 0.1) is 12.7 Å². The van der Waals surface area contributed by atoms with Crippen LogP contribution in [0.3, 0.4) is 0 Å². The topological polar surface area (TPSA) is 29.5 Å². The van der Waals surface area contributed by atoms with Crippen molar-refractivity contribution in [1.29, 1.82) is 0 Å². The summed E-state index contributed by atoms with van der Waals surface area (Å²) in [6.45, 7) is 0.864. The fraction of sp³-hybridized carbons (Fsp3) is 0.122. The molecule has 224 valence electrons. The SMILES string of the molecule is OC(COCC[Si](c1ccccc1)(c1ccccc1)c1ccccc1)C[Si](c1ccccc1)(c1ccccc1)c1ccccc1. The largest absolute Gasteiger partial charge is 0.391 e. The smallest absolute Gasteiger partial charge is 0.150 e. The van der Waals surface area contributed by atoms with Crippen LogP contribution in [0.1, 0.15) is 0 Å². The molecule has 0 spiro atoms. The first-order chi connectivity index (χ1) is 22.2. The highest BCUT2D eigenvalue weighted by Gasteiger charge is 2.42. The van der Waals surface area contributed by atoms with E-state index in [4.69, 9.17) is 4.74 Å². The Hall–Kier alpha value is -4.33. The third-order valence-corrected chi connectivity index (χ3v) is 19.0. The molecule has 6 rings (SSSR count). The summed E-state index contributed by atoms with van der Waals surface area (Å²) in [5.41, 5.74) is 0. The van der Waals surface area contributed by atoms with Gasteiger partial charge in [0.15, 0.2) is 16.1 Å². The van der Waals surface area contributed by atoms with Gasteiger partial charge in [0, 0.05) is 6.61 Å². The van der Waals surface area contributed by atoms with Crippen LogP contribution < -0.4 is 31.1 Å². The van der Waals surface area contributed by atoms with Crippen LogP contribution in [-0.2, 0) is 4.74 Å². The van der Waals surface area contributed by atoms with Crippen LogP contribution in [-0.4, -0.2) is 40.6 Å². The van der Waals surface area contributed by atoms with Gasteiger partial charge in [-0.25, -0.2) is 0 Å². The van der Waals surface area contributed by atoms with Crippen LogP contribution in [0.15, 0.2) is 182 Å². The van der Waals surface area contributed by atoms with Crippen LogP contribution in [0, 0.1) is 0 Å². The van der Waals surface area contributed by atoms with Gasteiger partial charge in [-0.05, 0) is 43.2 Å². The number of rotatable bonds is 13. The van der Waals surface area contributed by atoms with E-state index in [0.29, 0.717) is 19.3 Å². The average Bonchev–Trinajstić information content (AvgIpc) is 3.13. The zero-order valence-electron chi connectivity index (χ0n) is 25.6. The second-order valence-corrected chi connectivity index (χ2v) is 19.7. The molecule has 1 unspecified atom stereocenters. The summed E-state index contributed by atoms with van der Waals surface area (Å²) in [5, 5.41) is 19.8. The summed E-state index contributed by atoms with van der Waals surface area (Å²) in [7, 11) is -4.96. The molecule has 0 amide bonds. The predicted octanol–water partition coefficient (Wildman–Crippen LogP) is 4.70. The van der Waals surface area contributed by atoms with E-state index in [1.54, 1.807) is 0 Å². The predicted molar refractivity (Wildman–Crippen MR) is 194 cm³/mol. The number of ether oxygens (including phenoxy) is 1. The molecule has 6 aromatic rings. The molecule has 0 aliphatic heterocycles. The molecule has 0 aliphatic carbocycles. The standard InChI is InChI=1S/C41H40O2Si2/c42-35(34-45(39-25-13-4-14-26-39,40-27-15-5-16-28-40)41-29-17-6-18-30-41)33-43-31-32-44(36-19-7-1-8-20-36,37-21-9-2-10-22-37)38-23-11-3-12-24-38/h1-30,35,42H,31-34H2. The highest BCUT2D eigenvalue weighted by molar-refractivity contribution is 7.12. The maximum atomic E-state index is 11.8. The van der Waals surface area contributed by atoms with Crippen LogP contribution in [0.25, 0.3) is 0 Å². The minimum Gasteiger partial charge on any atom is -0.391 e. The minimum absolute atomic E-state index is 0.296. The number of aliphatic hydroxyl groups excluding tert-OH is 1. The van der Waals surface area contributed by atoms with Gasteiger partial charge < -0.3 is 9.84 Å². The van der Waals surface area contributed by atoms with Crippen molar-refractivity contribution in [2.24, 2.45) is 0 Å². The van der Waals surface area contributed by atoms with E-state index < -0.39 is 22.3 Å². The van der Waals surface area contributed by atoms with Crippen LogP contribution in [0.5, 0.6) is 0 Å². The zero-order valence-corrected chi connectivity index (χ0v) is 27.6. The molecule has 4 heteroatoms. The summed E-state index contributed by atoms with van der Waals surface area (Å²) in [4.78, 5) is 0. The average molecular weight is 621 g/mol. The Morgan fingerprint density at radius 3 is 0.956 bits per heavy atom. The fourth-order valence-corrected chi connectivity index (χ4v) is 16.4. The Morgan fingerprint density at radius 1 is 0.400 bits per heavy atom. The number of benzene rings is 6. The van der Waals surface area contributed by atoms with E-state index in [1.165, 1.54) is 31.1 Å². The van der Waals surface area contributed by atoms with Crippen molar-refractivity contribution in [2.45, 2.75) is 18.2 Å². The Labute approximate surface area is 269 Å². The van der Waals surface area contributed by atoms with Crippen molar-refractivity contribution >= 4 is 47.3 Å². The third-order valence-electron chi connectivity index (χ3n) is 9.07. The molecule has 0 saturated carbocycles. The van der Waals surface area contributed by atoms with Crippen molar-refractivity contribution < 1.29 is 9.84 Å². The second-order valence-electron chi connectivity index (χ2n) is 11.7. The van der Waals surface area contributed by atoms with Crippen LogP contribution >= 0.6 is 0 Å². The van der Waals surface area contributed by atoms with Gasteiger partial charge in [-0.3, -0.25) is 0 Å². The Morgan fingerprint density at radius 2 is 0.667 bits per heavy atom. The summed E-state index contributed by atoms with van der Waals surface area (Å²) < 4.78 is 6.48. The summed E-state index contributed by atoms with van der Waals surface area (Å²) in [6.07, 6.45) is -0.612. The lowest BCUT2D eigenvalue weighted by Crippen LogP contribution is -2.68. The fourth-order valence-electron chi connectivity index (χ4n) is 6.98. The van der Waals surface area contributed by atoms with Gasteiger partial charge >= 0.3 is 0 Å². The van der Waals surface area contributed by atoms with Gasteiger partial charge in [-0.2, -0.15) is 0 Å². The van der Waals surface area contributed by atoms with E-state index in [2.05, 4.69) is 182 Å². The van der Waals surface area contributed by atoms with E-state index in [9.17, 15) is 5.11 Å². The number of hydrogen-bond acceptors (Lipinski definition) is 2. The Balaban J connectivity index is 1.29. The quantitative estimate of drug-likeness (QED) is 0.115. The molecule has 2 nitrogen and oxygen atoms in total. The molecule has 0 heterocycles. The Kier molecular flexibility index (Phi) is 9.98. The molecule has 0 aromatic heterocycles. The molecule has 0 aliphatic rings. The maximum Gasteiger partial charge on any atom is 0.150 e. The first-order valence-corrected chi connectivity index (χ1v) is 20.2. The normalized spacial score (nSPS) is 12.5. The van der Waals surface area contributed by atoms with Gasteiger partial charge in [-0.1, -0.05) is 182 Å². The van der Waals surface area contributed by atoms with Crippen molar-refractivity contribution in [1.82, 2.24) is 0 Å². The minimum atomic E-state index is -2.56. The van der Waals surface area contributed by atoms with E-state index in [1.807, 2.05) is 0 Å². The number of hydrogen-bond donors (Lipinski definition) is 1. The lowest BCUT2D eigenvalue weighted by Gasteiger charge is -2.36. The van der Waals surface area contributed by atoms with E-state index in [0.717, 1.165) is 6.04 Å². The summed E-state index contributed by atoms with van der Waals surface area (Å²) >= 11 is 0. The molecule has 45 heavy (non-hydrogen) atoms. The first-order valence-electron chi connectivity index (χ1n) is 15.8. The van der Waals surface area contributed by atoms with Gasteiger partial charge in [0.2, 0.25) is 0 Å². The van der Waals surface area contributed by atoms with Crippen LogP contribution in [0.2, 0.25) is 12.1 Å². The van der Waals surface area contributed by atoms with Gasteiger partial charge in [0.25, 0.3) is 0 Å². The van der Waals surface area contributed by atoms with Gasteiger partial charge in [0.1, 0.15) is 0 Å². The molecule has 0 bridgehead atoms. The highest BCUT2D eigenvalue weighted by Crippen LogP contribution is 2.18. The van der Waals surface area contributed by atoms with Crippen molar-refractivity contribution in [3.63, 3.8) is 0 Å². The lowest BCUT2D eigenvalue weighted by molar-refractivity contribution is 0.0521. The van der Waals surface area contributed by atoms with Crippen LogP contribution in [0.4, 0.5) is 0 Å². The third kappa shape index (κ3) is 6.56. The van der Waals surface area contributed by atoms with Crippen molar-refractivity contribution in [3.8, 4) is 0 Å². The molecule has 1 atom stereocenters. The summed E-state index contributed by atoms with van der Waals surface area (Å²) in [5.74, 6) is 0. The van der Waals surface area contributed by atoms with E-state index >= 15 is 0 Å².